The summed E-state index contributed by atoms with van der Waals surface area (Å²) in [4.78, 5) is 4.38. The second-order valence-electron chi connectivity index (χ2n) is 7.12. The van der Waals surface area contributed by atoms with Crippen molar-refractivity contribution in [1.29, 1.82) is 5.26 Å². The van der Waals surface area contributed by atoms with Crippen molar-refractivity contribution < 1.29 is 14.2 Å². The molecule has 1 N–H and O–H groups in total. The van der Waals surface area contributed by atoms with E-state index < -0.39 is 0 Å². The van der Waals surface area contributed by atoms with Crippen LogP contribution in [0.25, 0.3) is 0 Å². The number of nitrogens with one attached hydrogen (secondary N) is 1. The average Bonchev–Trinajstić information content (AvgIpc) is 2.79. The lowest BCUT2D eigenvalue weighted by Crippen LogP contribution is -2.04. The van der Waals surface area contributed by atoms with E-state index in [4.69, 9.17) is 37.4 Å². The molecule has 0 radical (unpaired) electrons. The number of nitriles is 1. The smallest absolute Gasteiger partial charge is 0.174 e. The van der Waals surface area contributed by atoms with Crippen LogP contribution >= 0.6 is 45.8 Å². The summed E-state index contributed by atoms with van der Waals surface area (Å²) < 4.78 is 17.5. The zero-order valence-corrected chi connectivity index (χ0v) is 22.3. The molecule has 3 rings (SSSR count). The van der Waals surface area contributed by atoms with Crippen LogP contribution in [-0.4, -0.2) is 25.4 Å². The maximum absolute atomic E-state index is 9.55. The third kappa shape index (κ3) is 6.51. The summed E-state index contributed by atoms with van der Waals surface area (Å²) in [6.07, 6.45) is 1.62. The summed E-state index contributed by atoms with van der Waals surface area (Å²) >= 11 is 14.4. The summed E-state index contributed by atoms with van der Waals surface area (Å²) in [7, 11) is 3.15. The highest BCUT2D eigenvalue weighted by atomic mass is 127. The van der Waals surface area contributed by atoms with Crippen molar-refractivity contribution in [3.05, 3.63) is 78.0 Å². The minimum Gasteiger partial charge on any atom is -0.493 e. The van der Waals surface area contributed by atoms with Crippen molar-refractivity contribution in [2.75, 3.05) is 19.6 Å². The van der Waals surface area contributed by atoms with Crippen molar-refractivity contribution in [3.63, 3.8) is 0 Å². The Labute approximate surface area is 221 Å². The van der Waals surface area contributed by atoms with Gasteiger partial charge in [0.05, 0.1) is 23.5 Å². The summed E-state index contributed by atoms with van der Waals surface area (Å²) in [5.41, 5.74) is 6.33. The van der Waals surface area contributed by atoms with Gasteiger partial charge in [0.25, 0.3) is 0 Å². The first-order valence-corrected chi connectivity index (χ1v) is 11.8. The van der Waals surface area contributed by atoms with E-state index in [2.05, 4.69) is 44.2 Å². The number of ether oxygens (including phenoxy) is 3. The average molecular weight is 611 g/mol. The predicted molar refractivity (Wildman–Crippen MR) is 142 cm³/mol. The molecule has 0 aliphatic carbocycles. The Kier molecular flexibility index (Phi) is 9.36. The Morgan fingerprint density at radius 1 is 1.15 bits per heavy atom. The first-order chi connectivity index (χ1) is 16.4. The van der Waals surface area contributed by atoms with Crippen molar-refractivity contribution in [2.45, 2.75) is 20.1 Å². The number of anilines is 1. The molecule has 0 bridgehead atoms. The molecule has 2 aromatic carbocycles. The van der Waals surface area contributed by atoms with Gasteiger partial charge in [0.15, 0.2) is 17.3 Å². The highest BCUT2D eigenvalue weighted by Gasteiger charge is 2.14. The van der Waals surface area contributed by atoms with E-state index in [1.54, 1.807) is 38.6 Å². The van der Waals surface area contributed by atoms with Crippen LogP contribution in [-0.2, 0) is 18.0 Å². The van der Waals surface area contributed by atoms with Crippen molar-refractivity contribution in [1.82, 2.24) is 4.98 Å². The van der Waals surface area contributed by atoms with E-state index in [0.717, 1.165) is 26.0 Å². The van der Waals surface area contributed by atoms with E-state index in [-0.39, 0.29) is 6.61 Å². The van der Waals surface area contributed by atoms with Crippen LogP contribution in [0.4, 0.5) is 5.82 Å². The Morgan fingerprint density at radius 2 is 1.94 bits per heavy atom. The highest BCUT2D eigenvalue weighted by molar-refractivity contribution is 14.1. The van der Waals surface area contributed by atoms with Crippen LogP contribution in [0, 0.1) is 21.8 Å². The highest BCUT2D eigenvalue weighted by Crippen LogP contribution is 2.35. The van der Waals surface area contributed by atoms with Crippen LogP contribution in [0.2, 0.25) is 10.0 Å². The zero-order valence-electron chi connectivity index (χ0n) is 18.7. The lowest BCUT2D eigenvalue weighted by molar-refractivity contribution is 0.184. The number of rotatable bonds is 9. The molecule has 0 atom stereocenters. The molecule has 0 saturated heterocycles. The molecule has 0 spiro atoms. The van der Waals surface area contributed by atoms with Crippen molar-refractivity contribution in [2.24, 2.45) is 5.10 Å². The third-order valence-electron chi connectivity index (χ3n) is 4.66. The van der Waals surface area contributed by atoms with Gasteiger partial charge >= 0.3 is 0 Å². The standard InChI is InChI=1S/C24H21Cl2IN4O3/c1-14-6-17(12-32-2)19(10-28)24(30-14)31-29-11-15-7-21(27)23(22(8-15)33-3)34-13-16-4-5-18(25)9-20(16)26/h4-9,11H,12-13H2,1-3H3,(H,30,31)/b29-11+. The molecular weight excluding hydrogens is 590 g/mol. The number of aromatic nitrogens is 1. The predicted octanol–water partition coefficient (Wildman–Crippen LogP) is 6.35. The van der Waals surface area contributed by atoms with Crippen LogP contribution < -0.4 is 14.9 Å². The van der Waals surface area contributed by atoms with Gasteiger partial charge in [-0.05, 0) is 65.4 Å². The normalized spacial score (nSPS) is 10.9. The van der Waals surface area contributed by atoms with Gasteiger partial charge in [-0.25, -0.2) is 4.98 Å². The lowest BCUT2D eigenvalue weighted by Gasteiger charge is -2.14. The number of hydrogen-bond acceptors (Lipinski definition) is 7. The summed E-state index contributed by atoms with van der Waals surface area (Å²) in [6, 6.07) is 12.9. The molecule has 0 amide bonds. The van der Waals surface area contributed by atoms with Crippen LogP contribution in [0.5, 0.6) is 11.5 Å². The molecule has 0 fully saturated rings. The van der Waals surface area contributed by atoms with Crippen molar-refractivity contribution in [3.8, 4) is 17.6 Å². The maximum Gasteiger partial charge on any atom is 0.174 e. The maximum atomic E-state index is 9.55. The number of hydrazone groups is 1. The van der Waals surface area contributed by atoms with Gasteiger partial charge in [0.1, 0.15) is 18.2 Å². The number of nitrogens with zero attached hydrogens (tertiary/aromatic N) is 3. The number of halogens is 3. The molecule has 0 aliphatic heterocycles. The fourth-order valence-corrected chi connectivity index (χ4v) is 4.37. The SMILES string of the molecule is COCc1cc(C)nc(N/N=C/c2cc(I)c(OCc3ccc(Cl)cc3Cl)c(OC)c2)c1C#N. The van der Waals surface area contributed by atoms with Gasteiger partial charge in [-0.2, -0.15) is 10.4 Å². The minimum absolute atomic E-state index is 0.261. The van der Waals surface area contributed by atoms with Gasteiger partial charge in [-0.3, -0.25) is 5.43 Å². The molecule has 1 heterocycles. The van der Waals surface area contributed by atoms with Crippen LogP contribution in [0.3, 0.4) is 0 Å². The molecule has 3 aromatic rings. The molecule has 0 unspecified atom stereocenters. The topological polar surface area (TPSA) is 88.8 Å². The quantitative estimate of drug-likeness (QED) is 0.172. The zero-order chi connectivity index (χ0) is 24.7. The molecule has 10 heteroatoms. The van der Waals surface area contributed by atoms with Gasteiger partial charge in [0.2, 0.25) is 0 Å². The molecule has 7 nitrogen and oxygen atoms in total. The third-order valence-corrected chi connectivity index (χ3v) is 6.05. The van der Waals surface area contributed by atoms with E-state index in [1.807, 2.05) is 25.1 Å². The Bertz CT molecular complexity index is 1260. The van der Waals surface area contributed by atoms with Crippen LogP contribution in [0.1, 0.15) is 27.9 Å². The van der Waals surface area contributed by atoms with Gasteiger partial charge in [-0.1, -0.05) is 29.3 Å². The van der Waals surface area contributed by atoms with E-state index >= 15 is 0 Å². The second kappa shape index (κ2) is 12.2. The minimum atomic E-state index is 0.261. The molecule has 176 valence electrons. The fourth-order valence-electron chi connectivity index (χ4n) is 3.13. The summed E-state index contributed by atoms with van der Waals surface area (Å²) in [5.74, 6) is 1.51. The molecular formula is C24H21Cl2IN4O3. The molecule has 0 aliphatic rings. The Morgan fingerprint density at radius 3 is 2.62 bits per heavy atom. The summed E-state index contributed by atoms with van der Waals surface area (Å²) in [6.45, 7) is 2.41. The number of pyridine rings is 1. The van der Waals surface area contributed by atoms with Gasteiger partial charge < -0.3 is 14.2 Å². The number of hydrogen-bond donors (Lipinski definition) is 1. The van der Waals surface area contributed by atoms with E-state index in [1.165, 1.54) is 0 Å². The number of aryl methyl sites for hydroxylation is 1. The Balaban J connectivity index is 1.79. The van der Waals surface area contributed by atoms with E-state index in [0.29, 0.717) is 39.5 Å². The van der Waals surface area contributed by atoms with E-state index in [9.17, 15) is 5.26 Å². The fraction of sp³-hybridized carbons (Fsp3) is 0.208. The number of methoxy groups -OCH3 is 2. The monoisotopic (exact) mass is 610 g/mol. The van der Waals surface area contributed by atoms with Crippen LogP contribution in [0.15, 0.2) is 41.5 Å². The largest absolute Gasteiger partial charge is 0.493 e. The molecule has 0 saturated carbocycles. The molecule has 1 aromatic heterocycles. The lowest BCUT2D eigenvalue weighted by atomic mass is 10.1. The van der Waals surface area contributed by atoms with Gasteiger partial charge in [0, 0.05) is 34.0 Å². The Hall–Kier alpha value is -2.58. The molecule has 34 heavy (non-hydrogen) atoms. The van der Waals surface area contributed by atoms with Crippen molar-refractivity contribution >= 4 is 57.8 Å². The summed E-state index contributed by atoms with van der Waals surface area (Å²) in [5, 5.41) is 14.9. The second-order valence-corrected chi connectivity index (χ2v) is 9.13. The number of benzene rings is 2. The first kappa shape index (κ1) is 26.0. The first-order valence-electron chi connectivity index (χ1n) is 9.99. The van der Waals surface area contributed by atoms with Gasteiger partial charge in [-0.15, -0.1) is 0 Å².